The Morgan fingerprint density at radius 3 is 0.667 bits per heavy atom. The van der Waals surface area contributed by atoms with Gasteiger partial charge >= 0.3 is 0 Å². The van der Waals surface area contributed by atoms with Crippen LogP contribution in [0.1, 0.15) is 111 Å². The Labute approximate surface area is 355 Å². The van der Waals surface area contributed by atoms with E-state index in [4.69, 9.17) is 18.9 Å². The van der Waals surface area contributed by atoms with Gasteiger partial charge in [-0.1, -0.05) is 150 Å². The highest BCUT2D eigenvalue weighted by Crippen LogP contribution is 2.43. The predicted molar refractivity (Wildman–Crippen MR) is 243 cm³/mol. The number of ether oxygens (including phenoxy) is 4. The fourth-order valence-electron chi connectivity index (χ4n) is 7.34. The molecule has 16 aliphatic rings. The lowest BCUT2D eigenvalue weighted by Crippen LogP contribution is -2.04. The number of unbranched alkanes of at least 4 members (excludes halogenated alkanes) is 4. The standard InChI is InChI=1S/C54H56O6/c1-5-9-29-57-49-33-46-38-15-23-42(24-16-38)54(56)44-27-19-40(20-28-44)48-36-51(59-31-11-7-3)47(35-52(48)60-32-12-8-4)39-17-25-43(26-18-39)53(55)41-21-13-37(14-22-41)45(49)34-50(46)58-30-10-6-2/h13-28,33-36H,5-12,29-32H2,1-4H3. The zero-order valence-corrected chi connectivity index (χ0v) is 35.5. The predicted octanol–water partition coefficient (Wildman–Crippen LogP) is 13.8. The first-order valence-electron chi connectivity index (χ1n) is 21.8. The third-order valence-electron chi connectivity index (χ3n) is 11.0. The van der Waals surface area contributed by atoms with E-state index >= 15 is 0 Å². The van der Waals surface area contributed by atoms with Crippen LogP contribution in [0, 0.1) is 0 Å². The van der Waals surface area contributed by atoms with Crippen molar-refractivity contribution in [3.05, 3.63) is 144 Å². The van der Waals surface area contributed by atoms with Crippen LogP contribution in [-0.4, -0.2) is 38.0 Å². The van der Waals surface area contributed by atoms with Gasteiger partial charge in [-0.05, 0) is 72.2 Å². The van der Waals surface area contributed by atoms with Crippen LogP contribution in [0.4, 0.5) is 0 Å². The van der Waals surface area contributed by atoms with Gasteiger partial charge in [0.15, 0.2) is 11.6 Å². The van der Waals surface area contributed by atoms with Crippen LogP contribution in [0.3, 0.4) is 0 Å². The first-order chi connectivity index (χ1) is 29.4. The van der Waals surface area contributed by atoms with E-state index < -0.39 is 0 Å². The molecule has 6 nitrogen and oxygen atoms in total. The zero-order chi connectivity index (χ0) is 41.8. The summed E-state index contributed by atoms with van der Waals surface area (Å²) in [6.07, 6.45) is 7.69. The Bertz CT molecular complexity index is 2040. The summed E-state index contributed by atoms with van der Waals surface area (Å²) in [5, 5.41) is 0. The van der Waals surface area contributed by atoms with Crippen molar-refractivity contribution < 1.29 is 28.5 Å². The first kappa shape index (κ1) is 42.0. The smallest absolute Gasteiger partial charge is 0.193 e. The maximum absolute atomic E-state index is 14.0. The Kier molecular flexibility index (Phi) is 14.2. The molecule has 0 radical (unpaired) electrons. The van der Waals surface area contributed by atoms with Crippen molar-refractivity contribution in [3.63, 3.8) is 0 Å². The van der Waals surface area contributed by atoms with Crippen LogP contribution in [0.5, 0.6) is 23.0 Å². The number of ketones is 2. The lowest BCUT2D eigenvalue weighted by molar-refractivity contribution is 0.103. The second-order valence-electron chi connectivity index (χ2n) is 15.5. The molecule has 0 amide bonds. The topological polar surface area (TPSA) is 71.1 Å². The van der Waals surface area contributed by atoms with Crippen molar-refractivity contribution in [3.8, 4) is 67.5 Å². The molecule has 0 N–H and O–H groups in total. The third-order valence-corrected chi connectivity index (χ3v) is 11.0. The van der Waals surface area contributed by atoms with Crippen molar-refractivity contribution in [2.45, 2.75) is 79.1 Å². The molecule has 6 aromatic rings. The average Bonchev–Trinajstić information content (AvgIpc) is 3.29. The number of hydrogen-bond acceptors (Lipinski definition) is 6. The normalized spacial score (nSPS) is 11.9. The van der Waals surface area contributed by atoms with E-state index in [1.165, 1.54) is 0 Å². The van der Waals surface area contributed by atoms with Crippen LogP contribution in [0.25, 0.3) is 44.5 Å². The minimum Gasteiger partial charge on any atom is -0.493 e. The van der Waals surface area contributed by atoms with E-state index in [0.29, 0.717) is 48.7 Å². The fraction of sp³-hybridized carbons (Fsp3) is 0.296. The SMILES string of the molecule is CCCCOc1cc2c(OCCCC)cc1-c1ccc(cc1)C(=O)c1ccc(cc1)-c1cc(OCCCC)c(cc1OCCCC)-c1ccc(cc1)C(=O)c1ccc-2cc1. The molecule has 0 unspecified atom stereocenters. The summed E-state index contributed by atoms with van der Waals surface area (Å²) in [6, 6.07) is 39.2. The monoisotopic (exact) mass is 800 g/mol. The summed E-state index contributed by atoms with van der Waals surface area (Å²) in [7, 11) is 0. The zero-order valence-electron chi connectivity index (χ0n) is 35.5. The highest BCUT2D eigenvalue weighted by atomic mass is 16.5. The van der Waals surface area contributed by atoms with E-state index in [1.54, 1.807) is 0 Å². The molecule has 308 valence electrons. The lowest BCUT2D eigenvalue weighted by Gasteiger charge is -2.19. The summed E-state index contributed by atoms with van der Waals surface area (Å²) >= 11 is 0. The minimum absolute atomic E-state index is 0.0587. The highest BCUT2D eigenvalue weighted by molar-refractivity contribution is 6.10. The molecule has 6 heteroatoms. The third kappa shape index (κ3) is 9.66. The molecule has 0 aromatic heterocycles. The minimum atomic E-state index is -0.0587. The molecule has 6 aromatic carbocycles. The van der Waals surface area contributed by atoms with E-state index in [9.17, 15) is 9.59 Å². The Morgan fingerprint density at radius 1 is 0.300 bits per heavy atom. The lowest BCUT2D eigenvalue weighted by atomic mass is 9.93. The molecule has 60 heavy (non-hydrogen) atoms. The van der Waals surface area contributed by atoms with Gasteiger partial charge < -0.3 is 18.9 Å². The second kappa shape index (κ2) is 20.2. The van der Waals surface area contributed by atoms with Crippen molar-refractivity contribution in [1.29, 1.82) is 0 Å². The second-order valence-corrected chi connectivity index (χ2v) is 15.5. The molecule has 12 bridgehead atoms. The van der Waals surface area contributed by atoms with Gasteiger partial charge in [-0.3, -0.25) is 9.59 Å². The maximum Gasteiger partial charge on any atom is 0.193 e. The van der Waals surface area contributed by atoms with Gasteiger partial charge in [-0.15, -0.1) is 0 Å². The van der Waals surface area contributed by atoms with E-state index in [-0.39, 0.29) is 11.6 Å². The molecule has 0 aliphatic heterocycles. The molecular formula is C54H56O6. The summed E-state index contributed by atoms with van der Waals surface area (Å²) in [4.78, 5) is 27.9. The number of benzene rings is 6. The molecule has 0 fully saturated rings. The van der Waals surface area contributed by atoms with Crippen LogP contribution in [0.15, 0.2) is 121 Å². The van der Waals surface area contributed by atoms with Gasteiger partial charge in [-0.2, -0.15) is 0 Å². The number of carbonyl (C=O) groups excluding carboxylic acids is 2. The van der Waals surface area contributed by atoms with Crippen molar-refractivity contribution in [2.75, 3.05) is 26.4 Å². The van der Waals surface area contributed by atoms with Crippen LogP contribution >= 0.6 is 0 Å². The Hall–Kier alpha value is -6.14. The van der Waals surface area contributed by atoms with E-state index in [1.807, 2.05) is 97.1 Å². The molecule has 22 rings (SSSR count). The molecule has 0 atom stereocenters. The fourth-order valence-corrected chi connectivity index (χ4v) is 7.34. The number of hydrogen-bond donors (Lipinski definition) is 0. The molecular weight excluding hydrogens is 745 g/mol. The van der Waals surface area contributed by atoms with Gasteiger partial charge in [0.1, 0.15) is 23.0 Å². The van der Waals surface area contributed by atoms with E-state index in [2.05, 4.69) is 52.0 Å². The summed E-state index contributed by atoms with van der Waals surface area (Å²) in [6.45, 7) is 10.9. The quantitative estimate of drug-likeness (QED) is 0.0907. The molecule has 0 spiro atoms. The van der Waals surface area contributed by atoms with Crippen molar-refractivity contribution in [2.24, 2.45) is 0 Å². The molecule has 0 saturated carbocycles. The van der Waals surface area contributed by atoms with Gasteiger partial charge in [0.25, 0.3) is 0 Å². The Balaban J connectivity index is 1.38. The van der Waals surface area contributed by atoms with Crippen LogP contribution in [-0.2, 0) is 0 Å². The van der Waals surface area contributed by atoms with Gasteiger partial charge in [-0.25, -0.2) is 0 Å². The summed E-state index contributed by atoms with van der Waals surface area (Å²) in [5.41, 5.74) is 9.63. The largest absolute Gasteiger partial charge is 0.493 e. The van der Waals surface area contributed by atoms with Gasteiger partial charge in [0.05, 0.1) is 26.4 Å². The van der Waals surface area contributed by atoms with Crippen molar-refractivity contribution in [1.82, 2.24) is 0 Å². The van der Waals surface area contributed by atoms with Gasteiger partial charge in [0.2, 0.25) is 0 Å². The molecule has 0 heterocycles. The van der Waals surface area contributed by atoms with Crippen molar-refractivity contribution >= 4 is 11.6 Å². The molecule has 16 aliphatic carbocycles. The van der Waals surface area contributed by atoms with Crippen LogP contribution < -0.4 is 18.9 Å². The van der Waals surface area contributed by atoms with Crippen LogP contribution in [0.2, 0.25) is 0 Å². The highest BCUT2D eigenvalue weighted by Gasteiger charge is 2.20. The molecule has 0 saturated heterocycles. The Morgan fingerprint density at radius 2 is 0.483 bits per heavy atom. The average molecular weight is 801 g/mol. The van der Waals surface area contributed by atoms with E-state index in [0.717, 1.165) is 119 Å². The first-order valence-corrected chi connectivity index (χ1v) is 21.8. The summed E-state index contributed by atoms with van der Waals surface area (Å²) in [5.74, 6) is 2.84. The number of rotatable bonds is 16. The van der Waals surface area contributed by atoms with Gasteiger partial charge in [0, 0.05) is 44.5 Å². The number of carbonyl (C=O) groups is 2. The summed E-state index contributed by atoms with van der Waals surface area (Å²) < 4.78 is 25.9. The maximum atomic E-state index is 14.0.